The molecular weight excluding hydrogens is 292 g/mol. The third kappa shape index (κ3) is 6.59. The van der Waals surface area contributed by atoms with Crippen LogP contribution in [-0.4, -0.2) is 33.7 Å². The Kier molecular flexibility index (Phi) is 6.17. The van der Waals surface area contributed by atoms with Crippen molar-refractivity contribution in [2.75, 3.05) is 13.4 Å². The zero-order chi connectivity index (χ0) is 16.0. The Hall–Kier alpha value is -1.60. The van der Waals surface area contributed by atoms with E-state index in [-0.39, 0.29) is 18.4 Å². The van der Waals surface area contributed by atoms with Crippen molar-refractivity contribution < 1.29 is 17.9 Å². The van der Waals surface area contributed by atoms with E-state index in [2.05, 4.69) is 10.0 Å². The van der Waals surface area contributed by atoms with E-state index in [0.717, 1.165) is 6.26 Å². The van der Waals surface area contributed by atoms with Crippen LogP contribution in [0.4, 0.5) is 0 Å². The van der Waals surface area contributed by atoms with Gasteiger partial charge in [-0.2, -0.15) is 0 Å². The first-order valence-corrected chi connectivity index (χ1v) is 8.51. The van der Waals surface area contributed by atoms with Crippen molar-refractivity contribution in [3.05, 3.63) is 29.8 Å². The maximum atomic E-state index is 11.9. The van der Waals surface area contributed by atoms with E-state index in [1.165, 1.54) is 0 Å². The van der Waals surface area contributed by atoms with Gasteiger partial charge in [0.05, 0.1) is 19.4 Å². The monoisotopic (exact) mass is 314 g/mol. The molecule has 0 saturated carbocycles. The maximum Gasteiger partial charge on any atom is 0.222 e. The maximum absolute atomic E-state index is 11.9. The number of methoxy groups -OCH3 is 1. The van der Waals surface area contributed by atoms with Gasteiger partial charge in [-0.25, -0.2) is 13.1 Å². The van der Waals surface area contributed by atoms with Crippen LogP contribution in [0.1, 0.15) is 31.9 Å². The minimum atomic E-state index is -3.42. The second-order valence-corrected chi connectivity index (χ2v) is 6.92. The smallest absolute Gasteiger partial charge is 0.222 e. The van der Waals surface area contributed by atoms with Crippen LogP contribution in [0, 0.1) is 0 Å². The number of carbonyl (C=O) groups is 1. The number of sulfonamides is 1. The summed E-state index contributed by atoms with van der Waals surface area (Å²) in [6.45, 7) is 3.70. The fourth-order valence-corrected chi connectivity index (χ4v) is 2.62. The topological polar surface area (TPSA) is 84.5 Å². The number of amides is 1. The standard InChI is InChI=1S/C14H22N2O4S/c1-10(2)15-14(17)9-13(16-21(4,18)19)11-5-7-12(20-3)8-6-11/h5-8,10,13,16H,9H2,1-4H3,(H,15,17). The van der Waals surface area contributed by atoms with Gasteiger partial charge in [-0.3, -0.25) is 4.79 Å². The van der Waals surface area contributed by atoms with Crippen LogP contribution in [0.15, 0.2) is 24.3 Å². The van der Waals surface area contributed by atoms with Gasteiger partial charge in [-0.05, 0) is 31.5 Å². The molecule has 0 heterocycles. The first-order valence-electron chi connectivity index (χ1n) is 6.62. The third-order valence-electron chi connectivity index (χ3n) is 2.71. The van der Waals surface area contributed by atoms with Crippen LogP contribution in [0.2, 0.25) is 0 Å². The molecule has 118 valence electrons. The molecule has 0 saturated heterocycles. The van der Waals surface area contributed by atoms with E-state index in [0.29, 0.717) is 11.3 Å². The summed E-state index contributed by atoms with van der Waals surface area (Å²) in [6, 6.07) is 6.34. The molecule has 21 heavy (non-hydrogen) atoms. The number of rotatable bonds is 7. The molecule has 1 unspecified atom stereocenters. The molecule has 1 atom stereocenters. The highest BCUT2D eigenvalue weighted by molar-refractivity contribution is 7.88. The van der Waals surface area contributed by atoms with E-state index in [1.54, 1.807) is 31.4 Å². The van der Waals surface area contributed by atoms with E-state index < -0.39 is 16.1 Å². The molecule has 1 aromatic carbocycles. The van der Waals surface area contributed by atoms with Crippen LogP contribution in [0.3, 0.4) is 0 Å². The fraction of sp³-hybridized carbons (Fsp3) is 0.500. The van der Waals surface area contributed by atoms with Gasteiger partial charge in [-0.1, -0.05) is 12.1 Å². The van der Waals surface area contributed by atoms with Crippen molar-refractivity contribution in [2.45, 2.75) is 32.4 Å². The van der Waals surface area contributed by atoms with E-state index in [4.69, 9.17) is 4.74 Å². The Bertz CT molecular complexity index is 567. The average molecular weight is 314 g/mol. The molecule has 0 spiro atoms. The molecule has 2 N–H and O–H groups in total. The zero-order valence-corrected chi connectivity index (χ0v) is 13.5. The van der Waals surface area contributed by atoms with Crippen LogP contribution in [0.25, 0.3) is 0 Å². The quantitative estimate of drug-likeness (QED) is 0.792. The normalized spacial score (nSPS) is 13.0. The molecule has 0 radical (unpaired) electrons. The van der Waals surface area contributed by atoms with Crippen LogP contribution >= 0.6 is 0 Å². The summed E-state index contributed by atoms with van der Waals surface area (Å²) in [4.78, 5) is 11.9. The van der Waals surface area contributed by atoms with Gasteiger partial charge in [0.15, 0.2) is 0 Å². The Balaban J connectivity index is 2.92. The molecule has 1 aromatic rings. The Labute approximate surface area is 125 Å². The van der Waals surface area contributed by atoms with Crippen LogP contribution in [-0.2, 0) is 14.8 Å². The Morgan fingerprint density at radius 3 is 2.24 bits per heavy atom. The van der Waals surface area contributed by atoms with Crippen molar-refractivity contribution in [2.24, 2.45) is 0 Å². The highest BCUT2D eigenvalue weighted by Crippen LogP contribution is 2.21. The van der Waals surface area contributed by atoms with Crippen molar-refractivity contribution in [1.82, 2.24) is 10.0 Å². The largest absolute Gasteiger partial charge is 0.497 e. The zero-order valence-electron chi connectivity index (χ0n) is 12.7. The molecule has 0 aliphatic heterocycles. The Morgan fingerprint density at radius 2 is 1.81 bits per heavy atom. The van der Waals surface area contributed by atoms with Crippen LogP contribution < -0.4 is 14.8 Å². The second-order valence-electron chi connectivity index (χ2n) is 5.14. The summed E-state index contributed by atoms with van der Waals surface area (Å²) in [7, 11) is -1.87. The minimum Gasteiger partial charge on any atom is -0.497 e. The number of nitrogens with one attached hydrogen (secondary N) is 2. The van der Waals surface area contributed by atoms with Crippen molar-refractivity contribution in [3.8, 4) is 5.75 Å². The molecule has 0 bridgehead atoms. The highest BCUT2D eigenvalue weighted by atomic mass is 32.2. The molecule has 7 heteroatoms. The van der Waals surface area contributed by atoms with Gasteiger partial charge in [-0.15, -0.1) is 0 Å². The summed E-state index contributed by atoms with van der Waals surface area (Å²) in [5, 5.41) is 2.75. The molecule has 0 fully saturated rings. The predicted molar refractivity (Wildman–Crippen MR) is 81.6 cm³/mol. The molecule has 0 aliphatic rings. The van der Waals surface area contributed by atoms with Gasteiger partial charge in [0.2, 0.25) is 15.9 Å². The van der Waals surface area contributed by atoms with Crippen molar-refractivity contribution in [3.63, 3.8) is 0 Å². The predicted octanol–water partition coefficient (Wildman–Crippen LogP) is 1.20. The van der Waals surface area contributed by atoms with Gasteiger partial charge < -0.3 is 10.1 Å². The van der Waals surface area contributed by atoms with Crippen molar-refractivity contribution >= 4 is 15.9 Å². The molecule has 6 nitrogen and oxygen atoms in total. The first kappa shape index (κ1) is 17.5. The highest BCUT2D eigenvalue weighted by Gasteiger charge is 2.20. The number of benzene rings is 1. The average Bonchev–Trinajstić information content (AvgIpc) is 2.35. The van der Waals surface area contributed by atoms with Crippen LogP contribution in [0.5, 0.6) is 5.75 Å². The molecule has 1 amide bonds. The second kappa shape index (κ2) is 7.42. The third-order valence-corrected chi connectivity index (χ3v) is 3.43. The van der Waals surface area contributed by atoms with E-state index in [1.807, 2.05) is 13.8 Å². The van der Waals surface area contributed by atoms with E-state index in [9.17, 15) is 13.2 Å². The SMILES string of the molecule is COc1ccc(C(CC(=O)NC(C)C)NS(C)(=O)=O)cc1. The molecule has 1 rings (SSSR count). The Morgan fingerprint density at radius 1 is 1.24 bits per heavy atom. The molecule has 0 aromatic heterocycles. The summed E-state index contributed by atoms with van der Waals surface area (Å²) < 4.78 is 30.5. The number of hydrogen-bond donors (Lipinski definition) is 2. The lowest BCUT2D eigenvalue weighted by atomic mass is 10.0. The lowest BCUT2D eigenvalue weighted by Crippen LogP contribution is -2.35. The number of carbonyl (C=O) groups excluding carboxylic acids is 1. The van der Waals surface area contributed by atoms with Gasteiger partial charge in [0.1, 0.15) is 5.75 Å². The summed E-state index contributed by atoms with van der Waals surface area (Å²) in [5.41, 5.74) is 0.708. The summed E-state index contributed by atoms with van der Waals surface area (Å²) in [5.74, 6) is 0.463. The van der Waals surface area contributed by atoms with Crippen molar-refractivity contribution in [1.29, 1.82) is 0 Å². The van der Waals surface area contributed by atoms with Gasteiger partial charge in [0, 0.05) is 12.5 Å². The summed E-state index contributed by atoms with van der Waals surface area (Å²) >= 11 is 0. The van der Waals surface area contributed by atoms with E-state index >= 15 is 0 Å². The lowest BCUT2D eigenvalue weighted by molar-refractivity contribution is -0.122. The molecular formula is C14H22N2O4S. The van der Waals surface area contributed by atoms with Gasteiger partial charge in [0.25, 0.3) is 0 Å². The number of ether oxygens (including phenoxy) is 1. The molecule has 0 aliphatic carbocycles. The summed E-state index contributed by atoms with van der Waals surface area (Å²) in [6.07, 6.45) is 1.11. The minimum absolute atomic E-state index is 0.00671. The first-order chi connectivity index (χ1) is 9.71. The lowest BCUT2D eigenvalue weighted by Gasteiger charge is -2.19. The number of hydrogen-bond acceptors (Lipinski definition) is 4. The van der Waals surface area contributed by atoms with Gasteiger partial charge >= 0.3 is 0 Å². The fourth-order valence-electron chi connectivity index (χ4n) is 1.89.